The molecule has 0 amide bonds. The van der Waals surface area contributed by atoms with Gasteiger partial charge in [-0.25, -0.2) is 4.98 Å². The summed E-state index contributed by atoms with van der Waals surface area (Å²) in [5.41, 5.74) is 0.587. The second-order valence-corrected chi connectivity index (χ2v) is 4.61. The minimum atomic E-state index is -0.580. The molecule has 1 heterocycles. The molecule has 0 radical (unpaired) electrons. The first-order valence-corrected chi connectivity index (χ1v) is 6.75. The Kier molecular flexibility index (Phi) is 5.76. The van der Waals surface area contributed by atoms with Crippen LogP contribution in [0.1, 0.15) is 5.56 Å². The molecule has 2 aromatic rings. The quantitative estimate of drug-likeness (QED) is 0.701. The zero-order valence-corrected chi connectivity index (χ0v) is 11.6. The molecule has 6 nitrogen and oxygen atoms in total. The standard InChI is InChI=1S/C15H18N4O2/c16-9-13-1-3-15(4-2-13)21-11-14(20)10-17-5-7-19-8-6-18-12-19/h1-4,6,8,12,14,17,20H,5,7,10-11H2. The van der Waals surface area contributed by atoms with E-state index >= 15 is 0 Å². The minimum Gasteiger partial charge on any atom is -0.491 e. The van der Waals surface area contributed by atoms with Gasteiger partial charge in [-0.05, 0) is 24.3 Å². The smallest absolute Gasteiger partial charge is 0.119 e. The summed E-state index contributed by atoms with van der Waals surface area (Å²) < 4.78 is 7.42. The summed E-state index contributed by atoms with van der Waals surface area (Å²) in [5.74, 6) is 0.645. The fourth-order valence-corrected chi connectivity index (χ4v) is 1.77. The van der Waals surface area contributed by atoms with Crippen molar-refractivity contribution in [1.82, 2.24) is 14.9 Å². The van der Waals surface area contributed by atoms with E-state index in [1.165, 1.54) is 0 Å². The Morgan fingerprint density at radius 3 is 2.86 bits per heavy atom. The van der Waals surface area contributed by atoms with Crippen molar-refractivity contribution in [1.29, 1.82) is 5.26 Å². The molecule has 1 aromatic carbocycles. The molecular weight excluding hydrogens is 268 g/mol. The van der Waals surface area contributed by atoms with Gasteiger partial charge in [-0.15, -0.1) is 0 Å². The van der Waals surface area contributed by atoms with Crippen LogP contribution >= 0.6 is 0 Å². The lowest BCUT2D eigenvalue weighted by Crippen LogP contribution is -2.33. The first-order chi connectivity index (χ1) is 10.3. The van der Waals surface area contributed by atoms with Crippen molar-refractivity contribution < 1.29 is 9.84 Å². The zero-order valence-electron chi connectivity index (χ0n) is 11.6. The number of hydrogen-bond acceptors (Lipinski definition) is 5. The Morgan fingerprint density at radius 2 is 2.19 bits per heavy atom. The van der Waals surface area contributed by atoms with Crippen molar-refractivity contribution in [2.45, 2.75) is 12.6 Å². The van der Waals surface area contributed by atoms with Crippen molar-refractivity contribution in [2.24, 2.45) is 0 Å². The van der Waals surface area contributed by atoms with E-state index in [-0.39, 0.29) is 6.61 Å². The molecule has 0 aliphatic carbocycles. The summed E-state index contributed by atoms with van der Waals surface area (Å²) in [6.45, 7) is 2.24. The molecule has 0 aliphatic rings. The second-order valence-electron chi connectivity index (χ2n) is 4.61. The normalized spacial score (nSPS) is 11.8. The van der Waals surface area contributed by atoms with Crippen LogP contribution in [0, 0.1) is 11.3 Å². The van der Waals surface area contributed by atoms with Crippen LogP contribution in [-0.4, -0.2) is 40.5 Å². The van der Waals surface area contributed by atoms with E-state index in [1.54, 1.807) is 36.8 Å². The highest BCUT2D eigenvalue weighted by Gasteiger charge is 2.05. The number of nitriles is 1. The van der Waals surface area contributed by atoms with Crippen LogP contribution in [0.25, 0.3) is 0 Å². The van der Waals surface area contributed by atoms with E-state index in [9.17, 15) is 5.11 Å². The fourth-order valence-electron chi connectivity index (χ4n) is 1.77. The summed E-state index contributed by atoms with van der Waals surface area (Å²) in [5, 5.41) is 21.7. The molecule has 21 heavy (non-hydrogen) atoms. The van der Waals surface area contributed by atoms with Crippen molar-refractivity contribution in [3.8, 4) is 11.8 Å². The monoisotopic (exact) mass is 286 g/mol. The van der Waals surface area contributed by atoms with Gasteiger partial charge in [0.15, 0.2) is 0 Å². The number of nitrogens with one attached hydrogen (secondary N) is 1. The molecule has 0 aliphatic heterocycles. The highest BCUT2D eigenvalue weighted by molar-refractivity contribution is 5.34. The lowest BCUT2D eigenvalue weighted by atomic mass is 10.2. The van der Waals surface area contributed by atoms with Gasteiger partial charge in [-0.2, -0.15) is 5.26 Å². The van der Waals surface area contributed by atoms with Crippen LogP contribution in [0.5, 0.6) is 5.75 Å². The van der Waals surface area contributed by atoms with Crippen molar-refractivity contribution in [3.63, 3.8) is 0 Å². The average Bonchev–Trinajstić information content (AvgIpc) is 3.03. The number of aromatic nitrogens is 2. The van der Waals surface area contributed by atoms with Gasteiger partial charge in [-0.3, -0.25) is 0 Å². The Morgan fingerprint density at radius 1 is 1.38 bits per heavy atom. The van der Waals surface area contributed by atoms with E-state index in [4.69, 9.17) is 10.00 Å². The number of rotatable bonds is 8. The second kappa shape index (κ2) is 8.04. The SMILES string of the molecule is N#Cc1ccc(OCC(O)CNCCn2ccnc2)cc1. The molecule has 2 rings (SSSR count). The predicted molar refractivity (Wildman–Crippen MR) is 77.8 cm³/mol. The number of imidazole rings is 1. The molecule has 110 valence electrons. The number of hydrogen-bond donors (Lipinski definition) is 2. The van der Waals surface area contributed by atoms with E-state index in [0.717, 1.165) is 13.1 Å². The van der Waals surface area contributed by atoms with Crippen LogP contribution in [0.4, 0.5) is 0 Å². The summed E-state index contributed by atoms with van der Waals surface area (Å²) in [6.07, 6.45) is 4.81. The van der Waals surface area contributed by atoms with Gasteiger partial charge in [0, 0.05) is 32.0 Å². The van der Waals surface area contributed by atoms with Gasteiger partial charge < -0.3 is 19.7 Å². The summed E-state index contributed by atoms with van der Waals surface area (Å²) in [4.78, 5) is 3.96. The Bertz CT molecular complexity index is 560. The maximum absolute atomic E-state index is 9.81. The molecule has 0 spiro atoms. The maximum atomic E-state index is 9.81. The van der Waals surface area contributed by atoms with Crippen molar-refractivity contribution in [2.75, 3.05) is 19.7 Å². The Labute approximate surface area is 123 Å². The number of aliphatic hydroxyl groups is 1. The van der Waals surface area contributed by atoms with Gasteiger partial charge in [0.05, 0.1) is 18.0 Å². The number of ether oxygens (including phenoxy) is 1. The maximum Gasteiger partial charge on any atom is 0.119 e. The molecule has 1 unspecified atom stereocenters. The molecule has 0 fully saturated rings. The average molecular weight is 286 g/mol. The Hall–Kier alpha value is -2.36. The molecule has 2 N–H and O–H groups in total. The van der Waals surface area contributed by atoms with E-state index in [2.05, 4.69) is 10.3 Å². The highest BCUT2D eigenvalue weighted by atomic mass is 16.5. The topological polar surface area (TPSA) is 83.1 Å². The van der Waals surface area contributed by atoms with Gasteiger partial charge >= 0.3 is 0 Å². The third-order valence-corrected chi connectivity index (χ3v) is 2.91. The molecule has 1 aromatic heterocycles. The summed E-state index contributed by atoms with van der Waals surface area (Å²) in [6, 6.07) is 8.85. The van der Waals surface area contributed by atoms with E-state index < -0.39 is 6.10 Å². The van der Waals surface area contributed by atoms with Crippen molar-refractivity contribution >= 4 is 0 Å². The van der Waals surface area contributed by atoms with E-state index in [1.807, 2.05) is 16.8 Å². The molecule has 0 bridgehead atoms. The molecule has 0 saturated heterocycles. The number of benzene rings is 1. The summed E-state index contributed by atoms with van der Waals surface area (Å²) >= 11 is 0. The third kappa shape index (κ3) is 5.26. The van der Waals surface area contributed by atoms with Crippen molar-refractivity contribution in [3.05, 3.63) is 48.5 Å². The van der Waals surface area contributed by atoms with Gasteiger partial charge in [-0.1, -0.05) is 0 Å². The largest absolute Gasteiger partial charge is 0.491 e. The van der Waals surface area contributed by atoms with Gasteiger partial charge in [0.25, 0.3) is 0 Å². The summed E-state index contributed by atoms with van der Waals surface area (Å²) in [7, 11) is 0. The number of aliphatic hydroxyl groups excluding tert-OH is 1. The molecular formula is C15H18N4O2. The van der Waals surface area contributed by atoms with Crippen LogP contribution in [0.2, 0.25) is 0 Å². The zero-order chi connectivity index (χ0) is 14.9. The first-order valence-electron chi connectivity index (χ1n) is 6.75. The molecule has 0 saturated carbocycles. The number of nitrogens with zero attached hydrogens (tertiary/aromatic N) is 3. The van der Waals surface area contributed by atoms with Crippen LogP contribution in [-0.2, 0) is 6.54 Å². The minimum absolute atomic E-state index is 0.212. The molecule has 1 atom stereocenters. The van der Waals surface area contributed by atoms with Crippen LogP contribution < -0.4 is 10.1 Å². The van der Waals surface area contributed by atoms with Crippen LogP contribution in [0.15, 0.2) is 43.0 Å². The third-order valence-electron chi connectivity index (χ3n) is 2.91. The predicted octanol–water partition coefficient (Wildman–Crippen LogP) is 0.784. The molecule has 6 heteroatoms. The van der Waals surface area contributed by atoms with E-state index in [0.29, 0.717) is 17.9 Å². The first kappa shape index (κ1) is 15.0. The van der Waals surface area contributed by atoms with Gasteiger partial charge in [0.2, 0.25) is 0 Å². The lowest BCUT2D eigenvalue weighted by molar-refractivity contribution is 0.106. The van der Waals surface area contributed by atoms with Gasteiger partial charge in [0.1, 0.15) is 18.5 Å². The Balaban J connectivity index is 1.60. The highest BCUT2D eigenvalue weighted by Crippen LogP contribution is 2.11. The fraction of sp³-hybridized carbons (Fsp3) is 0.333. The van der Waals surface area contributed by atoms with Crippen LogP contribution in [0.3, 0.4) is 0 Å². The lowest BCUT2D eigenvalue weighted by Gasteiger charge is -2.13.